The highest BCUT2D eigenvalue weighted by Crippen LogP contribution is 2.27. The molecular weight excluding hydrogens is 340 g/mol. The fourth-order valence-electron chi connectivity index (χ4n) is 1.74. The molecule has 0 aliphatic rings. The number of nitrogens with two attached hydrogens (primary N) is 1. The summed E-state index contributed by atoms with van der Waals surface area (Å²) in [5.41, 5.74) is 4.32. The van der Waals surface area contributed by atoms with Crippen LogP contribution in [-0.4, -0.2) is 11.8 Å². The fraction of sp³-hybridized carbons (Fsp3) is 0.286. The van der Waals surface area contributed by atoms with Gasteiger partial charge in [-0.15, -0.1) is 11.8 Å². The van der Waals surface area contributed by atoms with Crippen LogP contribution in [0.2, 0.25) is 0 Å². The van der Waals surface area contributed by atoms with E-state index in [0.29, 0.717) is 6.04 Å². The Morgan fingerprint density at radius 1 is 1.32 bits per heavy atom. The van der Waals surface area contributed by atoms with E-state index in [1.54, 1.807) is 11.3 Å². The molecule has 0 aliphatic carbocycles. The van der Waals surface area contributed by atoms with E-state index < -0.39 is 0 Å². The molecule has 19 heavy (non-hydrogen) atoms. The summed E-state index contributed by atoms with van der Waals surface area (Å²) in [5, 5.41) is 4.32. The quantitative estimate of drug-likeness (QED) is 0.446. The monoisotopic (exact) mass is 356 g/mol. The van der Waals surface area contributed by atoms with Crippen molar-refractivity contribution in [2.24, 2.45) is 5.84 Å². The van der Waals surface area contributed by atoms with Crippen LogP contribution in [0.1, 0.15) is 12.0 Å². The Bertz CT molecular complexity index is 488. The van der Waals surface area contributed by atoms with E-state index in [2.05, 4.69) is 56.4 Å². The van der Waals surface area contributed by atoms with Crippen molar-refractivity contribution >= 4 is 39.0 Å². The average molecular weight is 357 g/mol. The highest BCUT2D eigenvalue weighted by molar-refractivity contribution is 9.10. The van der Waals surface area contributed by atoms with Crippen molar-refractivity contribution in [1.82, 2.24) is 5.43 Å². The topological polar surface area (TPSA) is 38.0 Å². The predicted octanol–water partition coefficient (Wildman–Crippen LogP) is 4.07. The molecule has 0 fully saturated rings. The number of rotatable bonds is 7. The molecule has 0 saturated carbocycles. The Hall–Kier alpha value is -0.330. The van der Waals surface area contributed by atoms with E-state index in [1.807, 2.05) is 17.8 Å². The largest absolute Gasteiger partial charge is 0.271 e. The summed E-state index contributed by atoms with van der Waals surface area (Å²) in [6.45, 7) is 0. The van der Waals surface area contributed by atoms with Crippen LogP contribution >= 0.6 is 39.0 Å². The summed E-state index contributed by atoms with van der Waals surface area (Å²) in [6.07, 6.45) is 2.14. The summed E-state index contributed by atoms with van der Waals surface area (Å²) < 4.78 is 1.15. The molecule has 2 nitrogen and oxygen atoms in total. The van der Waals surface area contributed by atoms with Gasteiger partial charge in [-0.3, -0.25) is 11.3 Å². The molecule has 1 heterocycles. The van der Waals surface area contributed by atoms with Gasteiger partial charge in [0.25, 0.3) is 0 Å². The molecule has 0 bridgehead atoms. The molecule has 1 aromatic carbocycles. The molecule has 1 aromatic heterocycles. The first-order valence-electron chi connectivity index (χ1n) is 6.14. The lowest BCUT2D eigenvalue weighted by Gasteiger charge is -2.15. The second-order valence-corrected chi connectivity index (χ2v) is 6.97. The van der Waals surface area contributed by atoms with Gasteiger partial charge in [0.15, 0.2) is 0 Å². The van der Waals surface area contributed by atoms with Crippen molar-refractivity contribution in [1.29, 1.82) is 0 Å². The number of halogens is 1. The Morgan fingerprint density at radius 3 is 2.84 bits per heavy atom. The second-order valence-electron chi connectivity index (χ2n) is 4.28. The lowest BCUT2D eigenvalue weighted by molar-refractivity contribution is 0.539. The smallest absolute Gasteiger partial charge is 0.0311 e. The first-order chi connectivity index (χ1) is 9.29. The van der Waals surface area contributed by atoms with Crippen LogP contribution in [0.25, 0.3) is 0 Å². The van der Waals surface area contributed by atoms with Crippen LogP contribution in [0.3, 0.4) is 0 Å². The molecule has 5 heteroatoms. The van der Waals surface area contributed by atoms with E-state index in [-0.39, 0.29) is 0 Å². The molecule has 0 saturated heterocycles. The van der Waals surface area contributed by atoms with Crippen molar-refractivity contribution in [3.8, 4) is 0 Å². The van der Waals surface area contributed by atoms with Crippen molar-refractivity contribution in [2.75, 3.05) is 5.75 Å². The van der Waals surface area contributed by atoms with Crippen LogP contribution in [0.15, 0.2) is 50.5 Å². The van der Waals surface area contributed by atoms with E-state index in [4.69, 9.17) is 5.84 Å². The number of benzene rings is 1. The highest BCUT2D eigenvalue weighted by atomic mass is 79.9. The molecule has 0 amide bonds. The molecule has 3 N–H and O–H groups in total. The first kappa shape index (κ1) is 15.1. The number of hydrazine groups is 1. The Kier molecular flexibility index (Phi) is 6.40. The number of nitrogens with one attached hydrogen (secondary N) is 1. The number of hydrogen-bond acceptors (Lipinski definition) is 4. The number of thioether (sulfide) groups is 1. The Morgan fingerprint density at radius 2 is 2.16 bits per heavy atom. The average Bonchev–Trinajstić information content (AvgIpc) is 2.94. The van der Waals surface area contributed by atoms with Crippen molar-refractivity contribution in [3.63, 3.8) is 0 Å². The predicted molar refractivity (Wildman–Crippen MR) is 88.6 cm³/mol. The molecule has 102 valence electrons. The van der Waals surface area contributed by atoms with Gasteiger partial charge in [0.2, 0.25) is 0 Å². The van der Waals surface area contributed by atoms with Crippen molar-refractivity contribution in [2.45, 2.75) is 23.8 Å². The maximum Gasteiger partial charge on any atom is 0.0311 e. The Balaban J connectivity index is 1.81. The van der Waals surface area contributed by atoms with Crippen molar-refractivity contribution < 1.29 is 0 Å². The summed E-state index contributed by atoms with van der Waals surface area (Å²) in [4.78, 5) is 1.26. The van der Waals surface area contributed by atoms with Gasteiger partial charge in [-0.1, -0.05) is 12.1 Å². The van der Waals surface area contributed by atoms with Gasteiger partial charge in [-0.05, 0) is 63.3 Å². The van der Waals surface area contributed by atoms with Gasteiger partial charge in [0.05, 0.1) is 0 Å². The van der Waals surface area contributed by atoms with Crippen LogP contribution in [0, 0.1) is 0 Å². The molecule has 2 rings (SSSR count). The number of aryl methyl sites for hydroxylation is 1. The van der Waals surface area contributed by atoms with E-state index in [1.165, 1.54) is 10.5 Å². The molecule has 0 aliphatic heterocycles. The number of hydrogen-bond donors (Lipinski definition) is 2. The van der Waals surface area contributed by atoms with Crippen LogP contribution < -0.4 is 11.3 Å². The normalized spacial score (nSPS) is 12.5. The maximum atomic E-state index is 5.64. The Labute approximate surface area is 130 Å². The zero-order chi connectivity index (χ0) is 13.5. The van der Waals surface area contributed by atoms with Crippen molar-refractivity contribution in [3.05, 3.63) is 51.1 Å². The highest BCUT2D eigenvalue weighted by Gasteiger charge is 2.09. The minimum Gasteiger partial charge on any atom is -0.271 e. The molecular formula is C14H17BrN2S2. The lowest BCUT2D eigenvalue weighted by Crippen LogP contribution is -2.37. The van der Waals surface area contributed by atoms with Gasteiger partial charge in [-0.25, -0.2) is 0 Å². The molecule has 0 spiro atoms. The molecule has 1 unspecified atom stereocenters. The third kappa shape index (κ3) is 4.93. The van der Waals surface area contributed by atoms with E-state index >= 15 is 0 Å². The molecule has 1 atom stereocenters. The summed E-state index contributed by atoms with van der Waals surface area (Å²) in [5.74, 6) is 6.62. The van der Waals surface area contributed by atoms with Crippen LogP contribution in [0.5, 0.6) is 0 Å². The third-order valence-electron chi connectivity index (χ3n) is 2.87. The standard InChI is InChI=1S/C14H17BrN2S2/c15-13-3-1-2-4-14(13)19-10-12(17-16)6-5-11-7-8-18-9-11/h1-4,7-9,12,17H,5-6,10,16H2. The molecule has 2 aromatic rings. The summed E-state index contributed by atoms with van der Waals surface area (Å²) in [7, 11) is 0. The SMILES string of the molecule is NNC(CCc1ccsc1)CSc1ccccc1Br. The molecule has 0 radical (unpaired) electrons. The minimum atomic E-state index is 0.331. The summed E-state index contributed by atoms with van der Waals surface area (Å²) >= 11 is 7.15. The first-order valence-corrected chi connectivity index (χ1v) is 8.86. The van der Waals surface area contributed by atoms with Gasteiger partial charge in [0, 0.05) is 21.2 Å². The zero-order valence-corrected chi connectivity index (χ0v) is 13.7. The second kappa shape index (κ2) is 8.07. The van der Waals surface area contributed by atoms with E-state index in [0.717, 1.165) is 23.1 Å². The minimum absolute atomic E-state index is 0.331. The zero-order valence-electron chi connectivity index (χ0n) is 10.5. The van der Waals surface area contributed by atoms with Gasteiger partial charge < -0.3 is 0 Å². The van der Waals surface area contributed by atoms with Gasteiger partial charge in [0.1, 0.15) is 0 Å². The van der Waals surface area contributed by atoms with E-state index in [9.17, 15) is 0 Å². The maximum absolute atomic E-state index is 5.64. The van der Waals surface area contributed by atoms with Crippen LogP contribution in [0.4, 0.5) is 0 Å². The summed E-state index contributed by atoms with van der Waals surface area (Å²) in [6, 6.07) is 10.8. The lowest BCUT2D eigenvalue weighted by atomic mass is 10.1. The fourth-order valence-corrected chi connectivity index (χ4v) is 4.10. The number of thiophene rings is 1. The van der Waals surface area contributed by atoms with Gasteiger partial charge >= 0.3 is 0 Å². The van der Waals surface area contributed by atoms with Crippen LogP contribution in [-0.2, 0) is 6.42 Å². The third-order valence-corrected chi connectivity index (χ3v) is 5.80. The van der Waals surface area contributed by atoms with Gasteiger partial charge in [-0.2, -0.15) is 11.3 Å².